The molecule has 0 saturated carbocycles. The van der Waals surface area contributed by atoms with Crippen LogP contribution in [-0.4, -0.2) is 33.5 Å². The smallest absolute Gasteiger partial charge is 0.347 e. The summed E-state index contributed by atoms with van der Waals surface area (Å²) >= 11 is 0. The number of carbonyl (C=O) groups is 2. The van der Waals surface area contributed by atoms with Crippen LogP contribution in [-0.2, 0) is 36.9 Å². The first-order chi connectivity index (χ1) is 15.7. The van der Waals surface area contributed by atoms with E-state index in [0.29, 0.717) is 24.1 Å². The molecule has 0 unspecified atom stereocenters. The third-order valence-corrected chi connectivity index (χ3v) is 5.65. The molecule has 1 aromatic heterocycles. The molecule has 2 N–H and O–H groups in total. The first-order valence-corrected chi connectivity index (χ1v) is 10.5. The van der Waals surface area contributed by atoms with Gasteiger partial charge in [0.05, 0.1) is 12.0 Å². The molecule has 0 radical (unpaired) electrons. The summed E-state index contributed by atoms with van der Waals surface area (Å²) < 4.78 is 38.7. The number of amides is 2. The lowest BCUT2D eigenvalue weighted by atomic mass is 10.0. The SMILES string of the molecule is Cc1cccc(CC(=O)N2CCc3[nH]nc(C(=O)NCc4cccc(C(F)(F)F)c4)c3C2)c1. The number of nitrogens with one attached hydrogen (secondary N) is 2. The first kappa shape index (κ1) is 22.6. The standard InChI is InChI=1S/C24H23F3N4O2/c1-15-4-2-5-16(10-15)12-21(32)31-9-8-20-19(14-31)22(30-29-20)23(33)28-13-17-6-3-7-18(11-17)24(25,26)27/h2-7,10-11H,8-9,12-14H2,1H3,(H,28,33)(H,29,30). The number of carbonyl (C=O) groups excluding carboxylic acids is 2. The van der Waals surface area contributed by atoms with Gasteiger partial charge >= 0.3 is 6.18 Å². The zero-order valence-corrected chi connectivity index (χ0v) is 18.0. The monoisotopic (exact) mass is 456 g/mol. The molecule has 172 valence electrons. The second-order valence-electron chi connectivity index (χ2n) is 8.14. The molecule has 6 nitrogen and oxygen atoms in total. The number of hydrogen-bond acceptors (Lipinski definition) is 3. The van der Waals surface area contributed by atoms with Crippen molar-refractivity contribution in [2.24, 2.45) is 0 Å². The van der Waals surface area contributed by atoms with Gasteiger partial charge in [0.1, 0.15) is 0 Å². The van der Waals surface area contributed by atoms with E-state index in [1.54, 1.807) is 4.90 Å². The maximum atomic E-state index is 12.9. The molecular formula is C24H23F3N4O2. The molecule has 1 aliphatic rings. The number of alkyl halides is 3. The van der Waals surface area contributed by atoms with Crippen molar-refractivity contribution in [2.45, 2.75) is 39.0 Å². The van der Waals surface area contributed by atoms with E-state index in [1.807, 2.05) is 31.2 Å². The zero-order chi connectivity index (χ0) is 23.6. The van der Waals surface area contributed by atoms with E-state index < -0.39 is 17.6 Å². The van der Waals surface area contributed by atoms with Gasteiger partial charge in [-0.1, -0.05) is 42.0 Å². The van der Waals surface area contributed by atoms with Gasteiger partial charge in [-0.3, -0.25) is 14.7 Å². The van der Waals surface area contributed by atoms with Crippen LogP contribution in [0.3, 0.4) is 0 Å². The van der Waals surface area contributed by atoms with Crippen molar-refractivity contribution in [1.29, 1.82) is 0 Å². The summed E-state index contributed by atoms with van der Waals surface area (Å²) in [5, 5.41) is 9.58. The lowest BCUT2D eigenvalue weighted by Crippen LogP contribution is -2.37. The van der Waals surface area contributed by atoms with E-state index in [9.17, 15) is 22.8 Å². The molecule has 0 atom stereocenters. The molecule has 3 aromatic rings. The Labute approximate surface area is 188 Å². The van der Waals surface area contributed by atoms with Crippen molar-refractivity contribution in [2.75, 3.05) is 6.54 Å². The quantitative estimate of drug-likeness (QED) is 0.613. The van der Waals surface area contributed by atoms with Gasteiger partial charge in [-0.15, -0.1) is 0 Å². The van der Waals surface area contributed by atoms with Crippen molar-refractivity contribution >= 4 is 11.8 Å². The highest BCUT2D eigenvalue weighted by Gasteiger charge is 2.31. The molecule has 0 bridgehead atoms. The number of aromatic nitrogens is 2. The molecule has 1 aliphatic heterocycles. The summed E-state index contributed by atoms with van der Waals surface area (Å²) in [7, 11) is 0. The van der Waals surface area contributed by atoms with Crippen LogP contribution in [0.2, 0.25) is 0 Å². The molecule has 0 aliphatic carbocycles. The van der Waals surface area contributed by atoms with Crippen LogP contribution in [0.1, 0.15) is 44.0 Å². The second-order valence-corrected chi connectivity index (χ2v) is 8.14. The summed E-state index contributed by atoms with van der Waals surface area (Å²) in [6.45, 7) is 2.67. The molecule has 0 spiro atoms. The van der Waals surface area contributed by atoms with Crippen LogP contribution in [0, 0.1) is 6.92 Å². The van der Waals surface area contributed by atoms with E-state index in [2.05, 4.69) is 15.5 Å². The summed E-state index contributed by atoms with van der Waals surface area (Å²) in [5.41, 5.74) is 3.16. The number of aromatic amines is 1. The Morgan fingerprint density at radius 2 is 1.88 bits per heavy atom. The fraction of sp³-hybridized carbons (Fsp3) is 0.292. The van der Waals surface area contributed by atoms with Crippen molar-refractivity contribution in [1.82, 2.24) is 20.4 Å². The molecule has 2 aromatic carbocycles. The van der Waals surface area contributed by atoms with Crippen LogP contribution in [0.5, 0.6) is 0 Å². The van der Waals surface area contributed by atoms with E-state index in [-0.39, 0.29) is 31.1 Å². The van der Waals surface area contributed by atoms with Crippen LogP contribution in [0.15, 0.2) is 48.5 Å². The van der Waals surface area contributed by atoms with Gasteiger partial charge in [-0.2, -0.15) is 18.3 Å². The summed E-state index contributed by atoms with van der Waals surface area (Å²) in [6.07, 6.45) is -3.63. The molecule has 2 heterocycles. The number of hydrogen-bond donors (Lipinski definition) is 2. The third-order valence-electron chi connectivity index (χ3n) is 5.65. The van der Waals surface area contributed by atoms with E-state index in [0.717, 1.165) is 29.0 Å². The number of fused-ring (bicyclic) bond motifs is 1. The minimum atomic E-state index is -4.45. The zero-order valence-electron chi connectivity index (χ0n) is 18.0. The lowest BCUT2D eigenvalue weighted by molar-refractivity contribution is -0.137. The molecule has 2 amide bonds. The van der Waals surface area contributed by atoms with Gasteiger partial charge in [0.15, 0.2) is 5.69 Å². The van der Waals surface area contributed by atoms with Gasteiger partial charge in [-0.25, -0.2) is 0 Å². The summed E-state index contributed by atoms with van der Waals surface area (Å²) in [4.78, 5) is 27.2. The second kappa shape index (κ2) is 9.09. The average Bonchev–Trinajstić information content (AvgIpc) is 3.20. The Bertz CT molecular complexity index is 1190. The van der Waals surface area contributed by atoms with Crippen molar-refractivity contribution in [3.05, 3.63) is 87.7 Å². The summed E-state index contributed by atoms with van der Waals surface area (Å²) in [5.74, 6) is -0.541. The number of H-pyrrole nitrogens is 1. The van der Waals surface area contributed by atoms with Gasteiger partial charge < -0.3 is 10.2 Å². The van der Waals surface area contributed by atoms with Crippen LogP contribution < -0.4 is 5.32 Å². The largest absolute Gasteiger partial charge is 0.416 e. The van der Waals surface area contributed by atoms with E-state index in [4.69, 9.17) is 0 Å². The highest BCUT2D eigenvalue weighted by molar-refractivity contribution is 5.94. The van der Waals surface area contributed by atoms with Crippen LogP contribution >= 0.6 is 0 Å². The Kier molecular flexibility index (Phi) is 6.22. The van der Waals surface area contributed by atoms with Crippen LogP contribution in [0.25, 0.3) is 0 Å². The third kappa shape index (κ3) is 5.24. The van der Waals surface area contributed by atoms with Gasteiger partial charge in [0.2, 0.25) is 5.91 Å². The highest BCUT2D eigenvalue weighted by Crippen LogP contribution is 2.29. The number of halogens is 3. The first-order valence-electron chi connectivity index (χ1n) is 10.5. The Morgan fingerprint density at radius 3 is 2.64 bits per heavy atom. The van der Waals surface area contributed by atoms with Gasteiger partial charge in [0.25, 0.3) is 5.91 Å². The molecule has 9 heteroatoms. The lowest BCUT2D eigenvalue weighted by Gasteiger charge is -2.27. The minimum absolute atomic E-state index is 0.0391. The predicted molar refractivity (Wildman–Crippen MR) is 115 cm³/mol. The normalized spacial score (nSPS) is 13.5. The van der Waals surface area contributed by atoms with Crippen molar-refractivity contribution in [3.63, 3.8) is 0 Å². The number of nitrogens with zero attached hydrogens (tertiary/aromatic N) is 2. The Morgan fingerprint density at radius 1 is 1.12 bits per heavy atom. The highest BCUT2D eigenvalue weighted by atomic mass is 19.4. The number of rotatable bonds is 5. The Hall–Kier alpha value is -3.62. The predicted octanol–water partition coefficient (Wildman–Crippen LogP) is 3.79. The van der Waals surface area contributed by atoms with Crippen molar-refractivity contribution < 1.29 is 22.8 Å². The number of aryl methyl sites for hydroxylation is 1. The topological polar surface area (TPSA) is 78.1 Å². The number of benzene rings is 2. The molecule has 0 fully saturated rings. The van der Waals surface area contributed by atoms with Gasteiger partial charge in [0, 0.05) is 37.3 Å². The average molecular weight is 456 g/mol. The molecular weight excluding hydrogens is 433 g/mol. The molecule has 33 heavy (non-hydrogen) atoms. The maximum Gasteiger partial charge on any atom is 0.416 e. The van der Waals surface area contributed by atoms with Crippen LogP contribution in [0.4, 0.5) is 13.2 Å². The van der Waals surface area contributed by atoms with Gasteiger partial charge in [-0.05, 0) is 30.2 Å². The fourth-order valence-corrected chi connectivity index (χ4v) is 3.93. The Balaban J connectivity index is 1.42. The summed E-state index contributed by atoms with van der Waals surface area (Å²) in [6, 6.07) is 12.6. The van der Waals surface area contributed by atoms with E-state index in [1.165, 1.54) is 12.1 Å². The van der Waals surface area contributed by atoms with E-state index >= 15 is 0 Å². The maximum absolute atomic E-state index is 12.9. The molecule has 4 rings (SSSR count). The molecule has 0 saturated heterocycles. The van der Waals surface area contributed by atoms with Crippen molar-refractivity contribution in [3.8, 4) is 0 Å². The fourth-order valence-electron chi connectivity index (χ4n) is 3.93. The minimum Gasteiger partial charge on any atom is -0.347 e.